The lowest BCUT2D eigenvalue weighted by molar-refractivity contribution is 0.0660. The second-order valence-corrected chi connectivity index (χ2v) is 6.78. The molecule has 0 fully saturated rings. The molecule has 2 N–H and O–H groups in total. The lowest BCUT2D eigenvalue weighted by Gasteiger charge is -2.11. The molecule has 0 radical (unpaired) electrons. The minimum atomic E-state index is -1.16. The summed E-state index contributed by atoms with van der Waals surface area (Å²) in [6.07, 6.45) is 3.80. The molecule has 0 unspecified atom stereocenters. The molecule has 144 valence electrons. The van der Waals surface area contributed by atoms with Gasteiger partial charge in [0.2, 0.25) is 5.76 Å². The van der Waals surface area contributed by atoms with Gasteiger partial charge in [0.15, 0.2) is 0 Å². The number of benzene rings is 1. The number of carbonyl (C=O) groups excluding carboxylic acids is 1. The second-order valence-electron chi connectivity index (χ2n) is 6.78. The van der Waals surface area contributed by atoms with Crippen molar-refractivity contribution < 1.29 is 19.1 Å². The number of carboxylic acids is 1. The van der Waals surface area contributed by atoms with Crippen molar-refractivity contribution in [2.45, 2.75) is 38.8 Å². The highest BCUT2D eigenvalue weighted by Crippen LogP contribution is 2.16. The molecule has 1 amide bonds. The topological polar surface area (TPSA) is 114 Å². The standard InChI is InChI=1S/C20H19N3O5/c24-18(21-11-13-6-8-16(28-13)20(26)27)12-5-7-14-15(10-12)22-17-4-2-1-3-9-23(17)19(14)25/h5-8,10H,1-4,9,11H2,(H,21,24)(H,26,27). The summed E-state index contributed by atoms with van der Waals surface area (Å²) in [7, 11) is 0. The number of furan rings is 1. The first-order valence-corrected chi connectivity index (χ1v) is 9.16. The number of hydrogen-bond acceptors (Lipinski definition) is 5. The number of fused-ring (bicyclic) bond motifs is 2. The van der Waals surface area contributed by atoms with Gasteiger partial charge in [-0.1, -0.05) is 6.42 Å². The van der Waals surface area contributed by atoms with Crippen LogP contribution in [0.3, 0.4) is 0 Å². The highest BCUT2D eigenvalue weighted by molar-refractivity contribution is 5.97. The zero-order chi connectivity index (χ0) is 19.7. The van der Waals surface area contributed by atoms with Gasteiger partial charge in [-0.25, -0.2) is 9.78 Å². The van der Waals surface area contributed by atoms with E-state index in [1.807, 2.05) is 0 Å². The molecule has 4 rings (SSSR count). The van der Waals surface area contributed by atoms with Crippen molar-refractivity contribution in [3.8, 4) is 0 Å². The van der Waals surface area contributed by atoms with E-state index < -0.39 is 5.97 Å². The molecule has 1 aliphatic heterocycles. The lowest BCUT2D eigenvalue weighted by atomic mass is 10.1. The number of carboxylic acid groups (broad SMARTS) is 1. The van der Waals surface area contributed by atoms with Crippen molar-refractivity contribution in [1.29, 1.82) is 0 Å². The number of aromatic carboxylic acids is 1. The van der Waals surface area contributed by atoms with Crippen LogP contribution in [0.25, 0.3) is 10.9 Å². The summed E-state index contributed by atoms with van der Waals surface area (Å²) in [5.41, 5.74) is 0.825. The van der Waals surface area contributed by atoms with Crippen LogP contribution in [0.15, 0.2) is 39.5 Å². The molecule has 1 aromatic carbocycles. The van der Waals surface area contributed by atoms with Crippen molar-refractivity contribution in [1.82, 2.24) is 14.9 Å². The number of aromatic nitrogens is 2. The fourth-order valence-corrected chi connectivity index (χ4v) is 3.42. The van der Waals surface area contributed by atoms with Gasteiger partial charge < -0.3 is 14.8 Å². The van der Waals surface area contributed by atoms with E-state index >= 15 is 0 Å². The van der Waals surface area contributed by atoms with Gasteiger partial charge in [0, 0.05) is 18.5 Å². The monoisotopic (exact) mass is 381 g/mol. The highest BCUT2D eigenvalue weighted by Gasteiger charge is 2.16. The molecule has 28 heavy (non-hydrogen) atoms. The fraction of sp³-hybridized carbons (Fsp3) is 0.300. The Kier molecular flexibility index (Phi) is 4.68. The molecule has 0 saturated heterocycles. The normalized spacial score (nSPS) is 13.7. The zero-order valence-electron chi connectivity index (χ0n) is 15.1. The van der Waals surface area contributed by atoms with Crippen molar-refractivity contribution in [2.24, 2.45) is 0 Å². The molecule has 0 spiro atoms. The Morgan fingerprint density at radius 2 is 2.04 bits per heavy atom. The summed E-state index contributed by atoms with van der Waals surface area (Å²) in [5.74, 6) is -0.589. The van der Waals surface area contributed by atoms with Crippen LogP contribution in [0.4, 0.5) is 0 Å². The van der Waals surface area contributed by atoms with Gasteiger partial charge in [-0.05, 0) is 43.2 Å². The molecule has 2 aromatic heterocycles. The van der Waals surface area contributed by atoms with Gasteiger partial charge in [-0.3, -0.25) is 14.2 Å². The van der Waals surface area contributed by atoms with E-state index in [0.717, 1.165) is 31.5 Å². The summed E-state index contributed by atoms with van der Waals surface area (Å²) in [6, 6.07) is 7.68. The van der Waals surface area contributed by atoms with Gasteiger partial charge in [0.05, 0.1) is 17.4 Å². The first-order chi connectivity index (χ1) is 13.5. The molecule has 3 aromatic rings. The van der Waals surface area contributed by atoms with Crippen molar-refractivity contribution in [3.05, 3.63) is 63.6 Å². The van der Waals surface area contributed by atoms with Gasteiger partial charge in [0.25, 0.3) is 11.5 Å². The van der Waals surface area contributed by atoms with Crippen molar-refractivity contribution in [3.63, 3.8) is 0 Å². The van der Waals surface area contributed by atoms with E-state index in [-0.39, 0.29) is 23.8 Å². The lowest BCUT2D eigenvalue weighted by Crippen LogP contribution is -2.25. The summed E-state index contributed by atoms with van der Waals surface area (Å²) >= 11 is 0. The zero-order valence-corrected chi connectivity index (χ0v) is 15.1. The van der Waals surface area contributed by atoms with E-state index in [1.54, 1.807) is 22.8 Å². The minimum absolute atomic E-state index is 0.0599. The smallest absolute Gasteiger partial charge is 0.371 e. The Labute approximate surface area is 159 Å². The molecule has 8 nitrogen and oxygen atoms in total. The van der Waals surface area contributed by atoms with Crippen LogP contribution in [0.1, 0.15) is 51.8 Å². The van der Waals surface area contributed by atoms with Gasteiger partial charge >= 0.3 is 5.97 Å². The third-order valence-corrected chi connectivity index (χ3v) is 4.87. The number of aryl methyl sites for hydroxylation is 1. The Balaban J connectivity index is 1.57. The summed E-state index contributed by atoms with van der Waals surface area (Å²) in [5, 5.41) is 12.0. The molecular formula is C20H19N3O5. The number of nitrogens with one attached hydrogen (secondary N) is 1. The molecule has 0 saturated carbocycles. The summed E-state index contributed by atoms with van der Waals surface area (Å²) in [4.78, 5) is 40.6. The van der Waals surface area contributed by atoms with Gasteiger partial charge in [-0.2, -0.15) is 0 Å². The third-order valence-electron chi connectivity index (χ3n) is 4.87. The Bertz CT molecular complexity index is 1130. The average Bonchev–Trinajstić information content (AvgIpc) is 3.04. The van der Waals surface area contributed by atoms with Crippen LogP contribution in [-0.4, -0.2) is 26.5 Å². The maximum absolute atomic E-state index is 12.7. The predicted octanol–water partition coefficient (Wildman–Crippen LogP) is 2.34. The first kappa shape index (κ1) is 18.0. The minimum Gasteiger partial charge on any atom is -0.475 e. The van der Waals surface area contributed by atoms with Crippen LogP contribution in [0.2, 0.25) is 0 Å². The quantitative estimate of drug-likeness (QED) is 0.717. The second kappa shape index (κ2) is 7.30. The molecular weight excluding hydrogens is 362 g/mol. The number of rotatable bonds is 4. The van der Waals surface area contributed by atoms with Crippen molar-refractivity contribution >= 4 is 22.8 Å². The highest BCUT2D eigenvalue weighted by atomic mass is 16.4. The Hall–Kier alpha value is -3.42. The first-order valence-electron chi connectivity index (χ1n) is 9.16. The van der Waals surface area contributed by atoms with Crippen LogP contribution >= 0.6 is 0 Å². The van der Waals surface area contributed by atoms with Gasteiger partial charge in [-0.15, -0.1) is 0 Å². The van der Waals surface area contributed by atoms with Crippen LogP contribution < -0.4 is 10.9 Å². The van der Waals surface area contributed by atoms with E-state index in [1.165, 1.54) is 12.1 Å². The number of carbonyl (C=O) groups is 2. The Morgan fingerprint density at radius 1 is 1.18 bits per heavy atom. The SMILES string of the molecule is O=C(NCc1ccc(C(=O)O)o1)c1ccc2c(=O)n3c(nc2c1)CCCCC3. The maximum Gasteiger partial charge on any atom is 0.371 e. The summed E-state index contributed by atoms with van der Waals surface area (Å²) < 4.78 is 6.86. The van der Waals surface area contributed by atoms with Crippen LogP contribution in [-0.2, 0) is 19.5 Å². The molecule has 0 atom stereocenters. The van der Waals surface area contributed by atoms with E-state index in [4.69, 9.17) is 9.52 Å². The molecule has 0 aliphatic carbocycles. The third kappa shape index (κ3) is 3.40. The number of hydrogen-bond donors (Lipinski definition) is 2. The van der Waals surface area contributed by atoms with E-state index in [0.29, 0.717) is 28.8 Å². The largest absolute Gasteiger partial charge is 0.475 e. The average molecular weight is 381 g/mol. The van der Waals surface area contributed by atoms with Gasteiger partial charge in [0.1, 0.15) is 11.6 Å². The number of amides is 1. The molecule has 3 heterocycles. The predicted molar refractivity (Wildman–Crippen MR) is 100 cm³/mol. The van der Waals surface area contributed by atoms with Crippen molar-refractivity contribution in [2.75, 3.05) is 0 Å². The van der Waals surface area contributed by atoms with Crippen LogP contribution in [0, 0.1) is 0 Å². The fourth-order valence-electron chi connectivity index (χ4n) is 3.42. The maximum atomic E-state index is 12.7. The molecule has 8 heteroatoms. The Morgan fingerprint density at radius 3 is 2.82 bits per heavy atom. The van der Waals surface area contributed by atoms with E-state index in [9.17, 15) is 14.4 Å². The number of nitrogens with zero attached hydrogens (tertiary/aromatic N) is 2. The van der Waals surface area contributed by atoms with E-state index in [2.05, 4.69) is 10.3 Å². The van der Waals surface area contributed by atoms with Crippen LogP contribution in [0.5, 0.6) is 0 Å². The molecule has 0 bridgehead atoms. The molecule has 1 aliphatic rings. The summed E-state index contributed by atoms with van der Waals surface area (Å²) in [6.45, 7) is 0.741.